The van der Waals surface area contributed by atoms with Gasteiger partial charge in [-0.05, 0) is 74.7 Å². The minimum Gasteiger partial charge on any atom is -0.352 e. The fraction of sp³-hybridized carbons (Fsp3) is 0.333. The van der Waals surface area contributed by atoms with Crippen LogP contribution in [-0.4, -0.2) is 43.8 Å². The van der Waals surface area contributed by atoms with Crippen LogP contribution in [0.15, 0.2) is 76.1 Å². The molecule has 3 aromatic carbocycles. The van der Waals surface area contributed by atoms with Crippen LogP contribution < -0.4 is 9.62 Å². The number of anilines is 1. The normalized spacial score (nSPS) is 12.9. The highest BCUT2D eigenvalue weighted by Crippen LogP contribution is 2.28. The molecule has 0 bridgehead atoms. The summed E-state index contributed by atoms with van der Waals surface area (Å²) in [5.41, 5.74) is 1.78. The van der Waals surface area contributed by atoms with E-state index in [-0.39, 0.29) is 23.4 Å². The van der Waals surface area contributed by atoms with Gasteiger partial charge in [-0.25, -0.2) is 8.42 Å². The maximum Gasteiger partial charge on any atom is 0.264 e. The number of aryl methyl sites for hydroxylation is 1. The summed E-state index contributed by atoms with van der Waals surface area (Å²) >= 11 is 16.0. The zero-order valence-electron chi connectivity index (χ0n) is 23.4. The third-order valence-corrected chi connectivity index (χ3v) is 9.60. The summed E-state index contributed by atoms with van der Waals surface area (Å²) < 4.78 is 29.6. The van der Waals surface area contributed by atoms with E-state index in [1.165, 1.54) is 17.0 Å². The van der Waals surface area contributed by atoms with Gasteiger partial charge in [-0.1, -0.05) is 82.8 Å². The molecule has 11 heteroatoms. The number of sulfonamides is 1. The summed E-state index contributed by atoms with van der Waals surface area (Å²) in [4.78, 5) is 29.0. The Morgan fingerprint density at radius 3 is 2.24 bits per heavy atom. The van der Waals surface area contributed by atoms with Crippen molar-refractivity contribution in [2.45, 2.75) is 64.1 Å². The number of hydrogen-bond donors (Lipinski definition) is 1. The van der Waals surface area contributed by atoms with E-state index in [0.29, 0.717) is 38.6 Å². The van der Waals surface area contributed by atoms with E-state index in [4.69, 9.17) is 23.2 Å². The highest BCUT2D eigenvalue weighted by Gasteiger charge is 2.34. The molecule has 2 amide bonds. The SMILES string of the molecule is CC[C@H](C(=O)N[C@@H](C)CC)N(Cc1ccc(Cl)cc1Cl)C(=O)CN(c1cccc(Br)c1)S(=O)(=O)c1ccc(C)cc1. The summed E-state index contributed by atoms with van der Waals surface area (Å²) in [5, 5.41) is 3.72. The Morgan fingerprint density at radius 2 is 1.66 bits per heavy atom. The van der Waals surface area contributed by atoms with Crippen molar-refractivity contribution in [3.05, 3.63) is 92.4 Å². The minimum absolute atomic E-state index is 0.0157. The Balaban J connectivity index is 2.08. The van der Waals surface area contributed by atoms with Gasteiger partial charge in [0.2, 0.25) is 11.8 Å². The van der Waals surface area contributed by atoms with Crippen LogP contribution in [0.2, 0.25) is 10.0 Å². The Hall–Kier alpha value is -2.59. The first kappa shape index (κ1) is 32.9. The maximum atomic E-state index is 14.1. The molecule has 0 unspecified atom stereocenters. The van der Waals surface area contributed by atoms with Gasteiger partial charge in [0.05, 0.1) is 10.6 Å². The molecule has 0 aliphatic carbocycles. The highest BCUT2D eigenvalue weighted by atomic mass is 79.9. The number of halogens is 3. The van der Waals surface area contributed by atoms with Crippen molar-refractivity contribution < 1.29 is 18.0 Å². The smallest absolute Gasteiger partial charge is 0.264 e. The van der Waals surface area contributed by atoms with Crippen molar-refractivity contribution in [2.75, 3.05) is 10.8 Å². The predicted molar refractivity (Wildman–Crippen MR) is 169 cm³/mol. The van der Waals surface area contributed by atoms with Crippen molar-refractivity contribution in [2.24, 2.45) is 0 Å². The van der Waals surface area contributed by atoms with E-state index in [1.54, 1.807) is 61.5 Å². The number of benzene rings is 3. The second-order valence-electron chi connectivity index (χ2n) is 9.80. The molecule has 3 rings (SSSR count). The molecule has 0 radical (unpaired) electrons. The molecule has 1 N–H and O–H groups in total. The first-order valence-electron chi connectivity index (χ1n) is 13.3. The Morgan fingerprint density at radius 1 is 0.976 bits per heavy atom. The number of amides is 2. The lowest BCUT2D eigenvalue weighted by molar-refractivity contribution is -0.140. The van der Waals surface area contributed by atoms with Gasteiger partial charge in [-0.2, -0.15) is 0 Å². The van der Waals surface area contributed by atoms with Crippen LogP contribution in [0, 0.1) is 6.92 Å². The molecule has 41 heavy (non-hydrogen) atoms. The molecule has 7 nitrogen and oxygen atoms in total. The highest BCUT2D eigenvalue weighted by molar-refractivity contribution is 9.10. The lowest BCUT2D eigenvalue weighted by Crippen LogP contribution is -2.53. The molecule has 0 aromatic heterocycles. The number of nitrogens with zero attached hydrogens (tertiary/aromatic N) is 2. The Bertz CT molecular complexity index is 1490. The molecule has 0 fully saturated rings. The minimum atomic E-state index is -4.16. The maximum absolute atomic E-state index is 14.1. The molecule has 0 heterocycles. The number of rotatable bonds is 12. The van der Waals surface area contributed by atoms with Crippen LogP contribution in [0.1, 0.15) is 44.7 Å². The molecule has 0 aliphatic rings. The van der Waals surface area contributed by atoms with Crippen LogP contribution in [0.3, 0.4) is 0 Å². The molecule has 0 saturated heterocycles. The molecule has 0 spiro atoms. The Labute approximate surface area is 261 Å². The summed E-state index contributed by atoms with van der Waals surface area (Å²) in [6, 6.07) is 17.1. The van der Waals surface area contributed by atoms with Crippen LogP contribution in [-0.2, 0) is 26.2 Å². The third kappa shape index (κ3) is 8.47. The monoisotopic (exact) mass is 681 g/mol. The summed E-state index contributed by atoms with van der Waals surface area (Å²) in [6.07, 6.45) is 1.02. The largest absolute Gasteiger partial charge is 0.352 e. The Kier molecular flexibility index (Phi) is 11.7. The fourth-order valence-corrected chi connectivity index (χ4v) is 6.45. The van der Waals surface area contributed by atoms with Crippen LogP contribution in [0.5, 0.6) is 0 Å². The van der Waals surface area contributed by atoms with Crippen molar-refractivity contribution >= 4 is 66.7 Å². The van der Waals surface area contributed by atoms with E-state index >= 15 is 0 Å². The number of nitrogens with one attached hydrogen (secondary N) is 1. The van der Waals surface area contributed by atoms with Gasteiger partial charge in [-0.3, -0.25) is 13.9 Å². The number of carbonyl (C=O) groups is 2. The summed E-state index contributed by atoms with van der Waals surface area (Å²) in [6.45, 7) is 6.95. The zero-order chi connectivity index (χ0) is 30.3. The van der Waals surface area contributed by atoms with E-state index in [2.05, 4.69) is 21.2 Å². The third-order valence-electron chi connectivity index (χ3n) is 6.73. The topological polar surface area (TPSA) is 86.8 Å². The van der Waals surface area contributed by atoms with E-state index < -0.39 is 28.5 Å². The van der Waals surface area contributed by atoms with Crippen LogP contribution in [0.4, 0.5) is 5.69 Å². The lowest BCUT2D eigenvalue weighted by atomic mass is 10.1. The predicted octanol–water partition coefficient (Wildman–Crippen LogP) is 6.98. The van der Waals surface area contributed by atoms with Crippen molar-refractivity contribution in [1.82, 2.24) is 10.2 Å². The molecular weight excluding hydrogens is 649 g/mol. The lowest BCUT2D eigenvalue weighted by Gasteiger charge is -2.34. The van der Waals surface area contributed by atoms with Crippen molar-refractivity contribution in [3.8, 4) is 0 Å². The molecule has 0 saturated carbocycles. The number of carbonyl (C=O) groups excluding carboxylic acids is 2. The van der Waals surface area contributed by atoms with Crippen molar-refractivity contribution in [3.63, 3.8) is 0 Å². The van der Waals surface area contributed by atoms with Crippen molar-refractivity contribution in [1.29, 1.82) is 0 Å². The van der Waals surface area contributed by atoms with Gasteiger partial charge in [0.1, 0.15) is 12.6 Å². The average Bonchev–Trinajstić information content (AvgIpc) is 2.92. The molecule has 3 aromatic rings. The van der Waals surface area contributed by atoms with E-state index in [1.807, 2.05) is 20.8 Å². The number of hydrogen-bond acceptors (Lipinski definition) is 4. The van der Waals surface area contributed by atoms with E-state index in [0.717, 1.165) is 9.87 Å². The second kappa shape index (κ2) is 14.5. The summed E-state index contributed by atoms with van der Waals surface area (Å²) in [5.74, 6) is -0.881. The van der Waals surface area contributed by atoms with Gasteiger partial charge in [0, 0.05) is 27.1 Å². The zero-order valence-corrected chi connectivity index (χ0v) is 27.3. The average molecular weight is 683 g/mol. The van der Waals surface area contributed by atoms with E-state index in [9.17, 15) is 18.0 Å². The fourth-order valence-electron chi connectivity index (χ4n) is 4.19. The standard InChI is InChI=1S/C30H34BrCl2N3O4S/c1-5-21(4)34-30(38)28(6-2)35(18-22-12-13-24(32)17-27(22)33)29(37)19-36(25-9-7-8-23(31)16-25)41(39,40)26-14-10-20(3)11-15-26/h7-17,21,28H,5-6,18-19H2,1-4H3,(H,34,38)/t21-,28+/m0/s1. The van der Waals surface area contributed by atoms with Crippen LogP contribution >= 0.6 is 39.1 Å². The first-order chi connectivity index (χ1) is 19.4. The van der Waals surface area contributed by atoms with Gasteiger partial charge in [0.15, 0.2) is 0 Å². The quantitative estimate of drug-likeness (QED) is 0.223. The van der Waals surface area contributed by atoms with Gasteiger partial charge >= 0.3 is 0 Å². The molecule has 2 atom stereocenters. The van der Waals surface area contributed by atoms with Crippen LogP contribution in [0.25, 0.3) is 0 Å². The molecule has 0 aliphatic heterocycles. The van der Waals surface area contributed by atoms with Gasteiger partial charge in [-0.15, -0.1) is 0 Å². The second-order valence-corrected chi connectivity index (χ2v) is 13.4. The molecular formula is C30H34BrCl2N3O4S. The molecule has 220 valence electrons. The summed E-state index contributed by atoms with van der Waals surface area (Å²) in [7, 11) is -4.16. The van der Waals surface area contributed by atoms with Gasteiger partial charge < -0.3 is 10.2 Å². The van der Waals surface area contributed by atoms with Gasteiger partial charge in [0.25, 0.3) is 10.0 Å². The first-order valence-corrected chi connectivity index (χ1v) is 16.2.